The number of amides is 1. The topological polar surface area (TPSA) is 44.9 Å². The molecule has 1 saturated carbocycles. The molecule has 1 aromatic heterocycles. The summed E-state index contributed by atoms with van der Waals surface area (Å²) in [7, 11) is 0. The third-order valence-electron chi connectivity index (χ3n) is 4.18. The average Bonchev–Trinajstić information content (AvgIpc) is 2.84. The largest absolute Gasteiger partial charge is 0.351 e. The minimum Gasteiger partial charge on any atom is -0.351 e. The van der Waals surface area contributed by atoms with Crippen LogP contribution in [0.2, 0.25) is 0 Å². The van der Waals surface area contributed by atoms with Crippen molar-refractivity contribution in [3.05, 3.63) is 35.8 Å². The van der Waals surface area contributed by atoms with Gasteiger partial charge >= 0.3 is 0 Å². The van der Waals surface area contributed by atoms with E-state index >= 15 is 0 Å². The predicted octanol–water partition coefficient (Wildman–Crippen LogP) is 3.62. The summed E-state index contributed by atoms with van der Waals surface area (Å²) in [5.41, 5.74) is 1.29. The molecule has 0 radical (unpaired) electrons. The first-order valence-electron chi connectivity index (χ1n) is 7.21. The van der Waals surface area contributed by atoms with Crippen molar-refractivity contribution in [3.8, 4) is 0 Å². The minimum atomic E-state index is -0.287. The zero-order valence-corrected chi connectivity index (χ0v) is 11.6. The van der Waals surface area contributed by atoms with Gasteiger partial charge in [0, 0.05) is 16.9 Å². The summed E-state index contributed by atoms with van der Waals surface area (Å²) in [6, 6.07) is 6.46. The summed E-state index contributed by atoms with van der Waals surface area (Å²) in [6.07, 6.45) is 4.43. The maximum absolute atomic E-state index is 13.1. The van der Waals surface area contributed by atoms with Crippen molar-refractivity contribution < 1.29 is 9.18 Å². The first-order chi connectivity index (χ1) is 9.61. The molecule has 1 heterocycles. The summed E-state index contributed by atoms with van der Waals surface area (Å²) in [5, 5.41) is 3.80. The second-order valence-corrected chi connectivity index (χ2v) is 5.84. The average molecular weight is 274 g/mol. The molecule has 0 bridgehead atoms. The number of hydrogen-bond donors (Lipinski definition) is 2. The predicted molar refractivity (Wildman–Crippen MR) is 77.1 cm³/mol. The van der Waals surface area contributed by atoms with Crippen LogP contribution in [0.25, 0.3) is 10.9 Å². The van der Waals surface area contributed by atoms with Crippen LogP contribution in [0, 0.1) is 11.7 Å². The van der Waals surface area contributed by atoms with E-state index in [-0.39, 0.29) is 17.8 Å². The van der Waals surface area contributed by atoms with E-state index in [1.807, 2.05) is 0 Å². The summed E-state index contributed by atoms with van der Waals surface area (Å²) in [5.74, 6) is 0.380. The Morgan fingerprint density at radius 1 is 1.25 bits per heavy atom. The van der Waals surface area contributed by atoms with Crippen LogP contribution in [0.5, 0.6) is 0 Å². The fourth-order valence-electron chi connectivity index (χ4n) is 2.89. The highest BCUT2D eigenvalue weighted by atomic mass is 19.1. The van der Waals surface area contributed by atoms with Crippen molar-refractivity contribution in [2.75, 3.05) is 0 Å². The number of carbonyl (C=O) groups is 1. The Bertz CT molecular complexity index is 626. The van der Waals surface area contributed by atoms with Crippen molar-refractivity contribution in [2.45, 2.75) is 38.6 Å². The van der Waals surface area contributed by atoms with Crippen molar-refractivity contribution in [1.29, 1.82) is 0 Å². The number of H-pyrrole nitrogens is 1. The summed E-state index contributed by atoms with van der Waals surface area (Å²) in [4.78, 5) is 15.3. The molecule has 1 aliphatic rings. The third-order valence-corrected chi connectivity index (χ3v) is 4.18. The van der Waals surface area contributed by atoms with E-state index in [1.165, 1.54) is 25.0 Å². The Hall–Kier alpha value is -1.84. The molecule has 0 aliphatic heterocycles. The molecular weight excluding hydrogens is 255 g/mol. The number of hydrogen-bond acceptors (Lipinski definition) is 1. The van der Waals surface area contributed by atoms with Crippen LogP contribution in [-0.4, -0.2) is 16.9 Å². The fourth-order valence-corrected chi connectivity index (χ4v) is 2.89. The van der Waals surface area contributed by atoms with Crippen molar-refractivity contribution in [3.63, 3.8) is 0 Å². The van der Waals surface area contributed by atoms with Gasteiger partial charge in [-0.05, 0) is 55.9 Å². The lowest BCUT2D eigenvalue weighted by Crippen LogP contribution is -2.37. The molecule has 0 unspecified atom stereocenters. The molecule has 0 spiro atoms. The molecule has 1 fully saturated rings. The van der Waals surface area contributed by atoms with Gasteiger partial charge in [-0.25, -0.2) is 4.39 Å². The SMILES string of the molecule is CC1CCC(NC(=O)c2cc3cc(F)ccc3[nH]2)CC1. The third kappa shape index (κ3) is 2.69. The van der Waals surface area contributed by atoms with Crippen LogP contribution >= 0.6 is 0 Å². The molecule has 4 heteroatoms. The highest BCUT2D eigenvalue weighted by Crippen LogP contribution is 2.24. The van der Waals surface area contributed by atoms with Gasteiger partial charge in [-0.15, -0.1) is 0 Å². The van der Waals surface area contributed by atoms with E-state index in [9.17, 15) is 9.18 Å². The lowest BCUT2D eigenvalue weighted by molar-refractivity contribution is 0.0919. The van der Waals surface area contributed by atoms with Gasteiger partial charge in [0.05, 0.1) is 0 Å². The van der Waals surface area contributed by atoms with Gasteiger partial charge in [-0.2, -0.15) is 0 Å². The molecule has 20 heavy (non-hydrogen) atoms. The first-order valence-corrected chi connectivity index (χ1v) is 7.21. The van der Waals surface area contributed by atoms with Crippen LogP contribution in [0.15, 0.2) is 24.3 Å². The van der Waals surface area contributed by atoms with Crippen LogP contribution in [0.4, 0.5) is 4.39 Å². The van der Waals surface area contributed by atoms with E-state index in [0.717, 1.165) is 29.7 Å². The molecule has 2 aromatic rings. The van der Waals surface area contributed by atoms with E-state index < -0.39 is 0 Å². The molecule has 2 N–H and O–H groups in total. The zero-order chi connectivity index (χ0) is 14.1. The molecule has 0 saturated heterocycles. The van der Waals surface area contributed by atoms with Crippen LogP contribution < -0.4 is 5.32 Å². The lowest BCUT2D eigenvalue weighted by Gasteiger charge is -2.26. The molecule has 1 aliphatic carbocycles. The normalized spacial score (nSPS) is 22.9. The highest BCUT2D eigenvalue weighted by Gasteiger charge is 2.20. The summed E-state index contributed by atoms with van der Waals surface area (Å²) >= 11 is 0. The monoisotopic (exact) mass is 274 g/mol. The zero-order valence-electron chi connectivity index (χ0n) is 11.6. The molecule has 1 aromatic carbocycles. The number of fused-ring (bicyclic) bond motifs is 1. The summed E-state index contributed by atoms with van der Waals surface area (Å²) < 4.78 is 13.1. The molecule has 1 amide bonds. The van der Waals surface area contributed by atoms with Crippen LogP contribution in [-0.2, 0) is 0 Å². The van der Waals surface area contributed by atoms with Crippen molar-refractivity contribution in [2.24, 2.45) is 5.92 Å². The van der Waals surface area contributed by atoms with Crippen LogP contribution in [0.3, 0.4) is 0 Å². The van der Waals surface area contributed by atoms with Gasteiger partial charge in [0.2, 0.25) is 0 Å². The number of halogens is 1. The molecule has 3 nitrogen and oxygen atoms in total. The molecular formula is C16H19FN2O. The van der Waals surface area contributed by atoms with E-state index in [4.69, 9.17) is 0 Å². The minimum absolute atomic E-state index is 0.0961. The van der Waals surface area contributed by atoms with E-state index in [2.05, 4.69) is 17.2 Å². The van der Waals surface area contributed by atoms with Gasteiger partial charge in [0.25, 0.3) is 5.91 Å². The Kier molecular flexibility index (Phi) is 3.47. The van der Waals surface area contributed by atoms with Gasteiger partial charge in [0.1, 0.15) is 11.5 Å². The smallest absolute Gasteiger partial charge is 0.267 e. The Morgan fingerprint density at radius 3 is 2.75 bits per heavy atom. The second kappa shape index (κ2) is 5.27. The quantitative estimate of drug-likeness (QED) is 0.863. The number of aromatic nitrogens is 1. The Balaban J connectivity index is 1.72. The highest BCUT2D eigenvalue weighted by molar-refractivity contribution is 5.98. The fraction of sp³-hybridized carbons (Fsp3) is 0.438. The van der Waals surface area contributed by atoms with Crippen molar-refractivity contribution in [1.82, 2.24) is 10.3 Å². The van der Waals surface area contributed by atoms with Crippen LogP contribution in [0.1, 0.15) is 43.1 Å². The lowest BCUT2D eigenvalue weighted by atomic mass is 9.87. The second-order valence-electron chi connectivity index (χ2n) is 5.84. The van der Waals surface area contributed by atoms with Crippen molar-refractivity contribution >= 4 is 16.8 Å². The molecule has 3 rings (SSSR count). The number of aromatic amines is 1. The first kappa shape index (κ1) is 13.2. The standard InChI is InChI=1S/C16H19FN2O/c1-10-2-5-13(6-3-10)18-16(20)15-9-11-8-12(17)4-7-14(11)19-15/h4,7-10,13,19H,2-3,5-6H2,1H3,(H,18,20). The molecule has 0 atom stereocenters. The number of rotatable bonds is 2. The van der Waals surface area contributed by atoms with E-state index in [0.29, 0.717) is 5.69 Å². The number of nitrogens with one attached hydrogen (secondary N) is 2. The van der Waals surface area contributed by atoms with Gasteiger partial charge < -0.3 is 10.3 Å². The van der Waals surface area contributed by atoms with Gasteiger partial charge in [-0.1, -0.05) is 6.92 Å². The maximum Gasteiger partial charge on any atom is 0.267 e. The van der Waals surface area contributed by atoms with E-state index in [1.54, 1.807) is 12.1 Å². The Morgan fingerprint density at radius 2 is 2.00 bits per heavy atom. The number of benzene rings is 1. The maximum atomic E-state index is 13.1. The van der Waals surface area contributed by atoms with Gasteiger partial charge in [-0.3, -0.25) is 4.79 Å². The molecule has 106 valence electrons. The van der Waals surface area contributed by atoms with Gasteiger partial charge in [0.15, 0.2) is 0 Å². The Labute approximate surface area is 117 Å². The summed E-state index contributed by atoms with van der Waals surface area (Å²) in [6.45, 7) is 2.25. The number of carbonyl (C=O) groups excluding carboxylic acids is 1.